The predicted octanol–water partition coefficient (Wildman–Crippen LogP) is 4.44. The van der Waals surface area contributed by atoms with Crippen molar-refractivity contribution in [1.82, 2.24) is 29.7 Å². The highest BCUT2D eigenvalue weighted by atomic mass is 32.2. The molecule has 2 saturated heterocycles. The molecule has 3 aromatic rings. The van der Waals surface area contributed by atoms with E-state index in [4.69, 9.17) is 4.98 Å². The molecule has 0 spiro atoms. The molecule has 0 amide bonds. The first-order chi connectivity index (χ1) is 17.6. The van der Waals surface area contributed by atoms with Gasteiger partial charge in [0.1, 0.15) is 11.2 Å². The highest BCUT2D eigenvalue weighted by Gasteiger charge is 2.38. The zero-order valence-electron chi connectivity index (χ0n) is 21.2. The molecule has 36 heavy (non-hydrogen) atoms. The van der Waals surface area contributed by atoms with Gasteiger partial charge in [-0.3, -0.25) is 4.90 Å². The summed E-state index contributed by atoms with van der Waals surface area (Å²) < 4.78 is 23.1. The lowest BCUT2D eigenvalue weighted by Crippen LogP contribution is -2.50. The van der Waals surface area contributed by atoms with Crippen LogP contribution in [0.4, 0.5) is 0 Å². The van der Waals surface area contributed by atoms with Gasteiger partial charge in [-0.25, -0.2) is 19.2 Å². The monoisotopic (exact) mass is 510 g/mol. The molecule has 1 aliphatic carbocycles. The first-order valence-electron chi connectivity index (χ1n) is 13.7. The number of hydrogen-bond donors (Lipinski definition) is 2. The van der Waals surface area contributed by atoms with E-state index in [2.05, 4.69) is 24.8 Å². The van der Waals surface area contributed by atoms with Crippen molar-refractivity contribution in [3.63, 3.8) is 0 Å². The molecule has 3 fully saturated rings. The normalized spacial score (nSPS) is 28.1. The third-order valence-electron chi connectivity index (χ3n) is 8.80. The highest BCUT2D eigenvalue weighted by Crippen LogP contribution is 2.41. The largest absolute Gasteiger partial charge is 0.347 e. The second-order valence-corrected chi connectivity index (χ2v) is 12.3. The minimum Gasteiger partial charge on any atom is -0.347 e. The summed E-state index contributed by atoms with van der Waals surface area (Å²) >= 11 is -1.83. The Morgan fingerprint density at radius 3 is 2.69 bits per heavy atom. The van der Waals surface area contributed by atoms with Gasteiger partial charge in [-0.2, -0.15) is 0 Å². The average molecular weight is 511 g/mol. The van der Waals surface area contributed by atoms with Crippen LogP contribution in [0.5, 0.6) is 0 Å². The van der Waals surface area contributed by atoms with Crippen molar-refractivity contribution >= 4 is 33.0 Å². The quantitative estimate of drug-likeness (QED) is 0.473. The van der Waals surface area contributed by atoms with Crippen LogP contribution in [0.2, 0.25) is 0 Å². The number of fused-ring (bicyclic) bond motifs is 3. The number of aromatic amines is 1. The summed E-state index contributed by atoms with van der Waals surface area (Å²) in [7, 11) is 0. The fraction of sp³-hybridized carbons (Fsp3) is 0.667. The van der Waals surface area contributed by atoms with Crippen molar-refractivity contribution in [2.24, 2.45) is 11.8 Å². The Morgan fingerprint density at radius 1 is 1.11 bits per heavy atom. The van der Waals surface area contributed by atoms with E-state index < -0.39 is 11.1 Å². The first kappa shape index (κ1) is 24.4. The van der Waals surface area contributed by atoms with Crippen molar-refractivity contribution in [3.8, 4) is 0 Å². The SMILES string of the molecule is Cc1nc2cnc3nccc3c2c(C2CCC(C(N3CCCC(CN4CCCC4)C3)S(=O)O)CC2)[nH]1. The lowest BCUT2D eigenvalue weighted by molar-refractivity contribution is 0.0950. The minimum absolute atomic E-state index is 0.248. The van der Waals surface area contributed by atoms with Crippen LogP contribution < -0.4 is 0 Å². The molecule has 0 bridgehead atoms. The molecular formula is C27H38N6O2S. The van der Waals surface area contributed by atoms with Gasteiger partial charge in [0.15, 0.2) is 16.7 Å². The number of rotatable bonds is 6. The van der Waals surface area contributed by atoms with Gasteiger partial charge in [0.25, 0.3) is 0 Å². The van der Waals surface area contributed by atoms with Crippen LogP contribution in [0, 0.1) is 18.8 Å². The topological polar surface area (TPSA) is 98.2 Å². The maximum atomic E-state index is 12.7. The van der Waals surface area contributed by atoms with Crippen LogP contribution in [0.3, 0.4) is 0 Å². The first-order valence-corrected chi connectivity index (χ1v) is 14.9. The molecule has 0 radical (unpaired) electrons. The third kappa shape index (κ3) is 4.83. The number of pyridine rings is 1. The number of aromatic nitrogens is 4. The molecule has 3 aromatic heterocycles. The number of nitrogens with zero attached hydrogens (tertiary/aromatic N) is 5. The van der Waals surface area contributed by atoms with E-state index in [1.807, 2.05) is 25.4 Å². The van der Waals surface area contributed by atoms with Gasteiger partial charge in [-0.05, 0) is 102 Å². The third-order valence-corrected chi connectivity index (χ3v) is 9.90. The zero-order chi connectivity index (χ0) is 24.6. The molecule has 194 valence electrons. The number of piperidine rings is 1. The Balaban J connectivity index is 1.18. The van der Waals surface area contributed by atoms with Gasteiger partial charge in [-0.1, -0.05) is 0 Å². The molecule has 2 aliphatic heterocycles. The summed E-state index contributed by atoms with van der Waals surface area (Å²) in [6, 6.07) is 2.03. The molecule has 6 rings (SSSR count). The van der Waals surface area contributed by atoms with Crippen molar-refractivity contribution in [3.05, 3.63) is 30.0 Å². The average Bonchev–Trinajstić information content (AvgIpc) is 3.56. The molecule has 0 aromatic carbocycles. The maximum absolute atomic E-state index is 12.7. The Morgan fingerprint density at radius 2 is 1.92 bits per heavy atom. The molecule has 8 nitrogen and oxygen atoms in total. The minimum atomic E-state index is -1.83. The Bertz CT molecular complexity index is 1230. The lowest BCUT2D eigenvalue weighted by atomic mass is 9.78. The predicted molar refractivity (Wildman–Crippen MR) is 143 cm³/mol. The molecule has 3 unspecified atom stereocenters. The smallest absolute Gasteiger partial charge is 0.171 e. The lowest BCUT2D eigenvalue weighted by Gasteiger charge is -2.42. The van der Waals surface area contributed by atoms with E-state index in [9.17, 15) is 8.76 Å². The molecule has 1 saturated carbocycles. The number of aryl methyl sites for hydroxylation is 1. The van der Waals surface area contributed by atoms with Crippen molar-refractivity contribution in [2.45, 2.75) is 69.6 Å². The Kier molecular flexibility index (Phi) is 7.07. The van der Waals surface area contributed by atoms with Crippen LogP contribution >= 0.6 is 0 Å². The van der Waals surface area contributed by atoms with Crippen LogP contribution in [0.25, 0.3) is 21.9 Å². The van der Waals surface area contributed by atoms with Crippen LogP contribution in [-0.2, 0) is 11.1 Å². The maximum Gasteiger partial charge on any atom is 0.171 e. The number of nitrogens with one attached hydrogen (secondary N) is 1. The van der Waals surface area contributed by atoms with E-state index in [1.165, 1.54) is 38.0 Å². The van der Waals surface area contributed by atoms with Gasteiger partial charge < -0.3 is 14.4 Å². The number of likely N-dealkylation sites (tertiary alicyclic amines) is 2. The summed E-state index contributed by atoms with van der Waals surface area (Å²) in [5.41, 5.74) is 2.90. The van der Waals surface area contributed by atoms with E-state index in [0.29, 0.717) is 11.8 Å². The zero-order valence-corrected chi connectivity index (χ0v) is 22.1. The van der Waals surface area contributed by atoms with Gasteiger partial charge in [0.2, 0.25) is 0 Å². The van der Waals surface area contributed by atoms with Crippen molar-refractivity contribution in [1.29, 1.82) is 0 Å². The van der Waals surface area contributed by atoms with Crippen LogP contribution in [0.15, 0.2) is 18.5 Å². The summed E-state index contributed by atoms with van der Waals surface area (Å²) in [5, 5.41) is 1.94. The van der Waals surface area contributed by atoms with Crippen LogP contribution in [0.1, 0.15) is 68.8 Å². The fourth-order valence-electron chi connectivity index (χ4n) is 7.18. The van der Waals surface area contributed by atoms with E-state index in [1.54, 1.807) is 0 Å². The van der Waals surface area contributed by atoms with Gasteiger partial charge in [-0.15, -0.1) is 0 Å². The van der Waals surface area contributed by atoms with Gasteiger partial charge in [0, 0.05) is 35.8 Å². The summed E-state index contributed by atoms with van der Waals surface area (Å²) in [6.07, 6.45) is 12.6. The Hall–Kier alpha value is -1.94. The van der Waals surface area contributed by atoms with Crippen molar-refractivity contribution < 1.29 is 8.76 Å². The molecule has 3 aliphatic rings. The van der Waals surface area contributed by atoms with E-state index in [0.717, 1.165) is 79.5 Å². The van der Waals surface area contributed by atoms with Crippen LogP contribution in [-0.4, -0.2) is 76.6 Å². The van der Waals surface area contributed by atoms with Gasteiger partial charge in [0.05, 0.1) is 11.7 Å². The summed E-state index contributed by atoms with van der Waals surface area (Å²) in [4.78, 5) is 22.1. The summed E-state index contributed by atoms with van der Waals surface area (Å²) in [5.74, 6) is 2.15. The summed E-state index contributed by atoms with van der Waals surface area (Å²) in [6.45, 7) is 7.51. The molecular weight excluding hydrogens is 472 g/mol. The van der Waals surface area contributed by atoms with E-state index in [-0.39, 0.29) is 11.3 Å². The molecule has 9 heteroatoms. The number of H-pyrrole nitrogens is 1. The molecule has 2 N–H and O–H groups in total. The Labute approximate surface area is 215 Å². The van der Waals surface area contributed by atoms with Gasteiger partial charge >= 0.3 is 0 Å². The number of hydrogen-bond acceptors (Lipinski definition) is 6. The molecule has 3 atom stereocenters. The fourth-order valence-corrected chi connectivity index (χ4v) is 8.23. The second-order valence-electron chi connectivity index (χ2n) is 11.2. The van der Waals surface area contributed by atoms with E-state index >= 15 is 0 Å². The molecule has 5 heterocycles. The second kappa shape index (κ2) is 10.4. The standard InChI is InChI=1S/C27H38N6O2S/c1-18-30-23-15-29-26-22(10-11-28-26)24(23)25(31-18)20-6-8-21(9-7-20)27(36(34)35)33-14-4-5-19(17-33)16-32-12-2-3-13-32/h10-11,15,19-21,27H,2-9,12-14,16-17H2,1H3,(H,30,31)(H,34,35). The highest BCUT2D eigenvalue weighted by molar-refractivity contribution is 7.79. The van der Waals surface area contributed by atoms with Crippen molar-refractivity contribution in [2.75, 3.05) is 32.7 Å².